The van der Waals surface area contributed by atoms with Crippen LogP contribution in [0.4, 0.5) is 0 Å². The summed E-state index contributed by atoms with van der Waals surface area (Å²) < 4.78 is 0. The second kappa shape index (κ2) is 5.76. The summed E-state index contributed by atoms with van der Waals surface area (Å²) in [5.74, 6) is 0. The Morgan fingerprint density at radius 2 is 1.93 bits per heavy atom. The van der Waals surface area contributed by atoms with E-state index in [1.165, 1.54) is 0 Å². The molecule has 0 atom stereocenters. The molecular weight excluding hydrogens is 176 g/mol. The molecule has 0 aliphatic carbocycles. The molecule has 0 spiro atoms. The smallest absolute Gasteiger partial charge is 0.139 e. The van der Waals surface area contributed by atoms with Crippen LogP contribution in [-0.2, 0) is 4.84 Å². The van der Waals surface area contributed by atoms with Gasteiger partial charge in [-0.25, -0.2) is 0 Å². The Morgan fingerprint density at radius 3 is 2.50 bits per heavy atom. The van der Waals surface area contributed by atoms with Crippen LogP contribution in [0.1, 0.15) is 24.5 Å². The highest BCUT2D eigenvalue weighted by atomic mass is 16.6. The molecule has 3 nitrogen and oxygen atoms in total. The lowest BCUT2D eigenvalue weighted by Crippen LogP contribution is -1.86. The predicted octanol–water partition coefficient (Wildman–Crippen LogP) is 2.20. The molecule has 0 aliphatic rings. The fourth-order valence-corrected chi connectivity index (χ4v) is 0.841. The molecule has 3 heteroatoms. The van der Waals surface area contributed by atoms with Gasteiger partial charge in [-0.05, 0) is 18.6 Å². The monoisotopic (exact) mass is 187 g/mol. The summed E-state index contributed by atoms with van der Waals surface area (Å²) in [6, 6.07) is 9.03. The highest BCUT2D eigenvalue weighted by Crippen LogP contribution is 2.00. The summed E-state index contributed by atoms with van der Waals surface area (Å²) in [6.07, 6.45) is 3.65. The normalized spacial score (nSPS) is 10.0. The van der Waals surface area contributed by atoms with Gasteiger partial charge in [-0.2, -0.15) is 5.26 Å². The summed E-state index contributed by atoms with van der Waals surface area (Å²) in [5.41, 5.74) is 1.44. The number of rotatable bonds is 4. The Labute approximate surface area is 83.6 Å². The van der Waals surface area contributed by atoms with E-state index >= 15 is 0 Å². The fraction of sp³-hybridized carbons (Fsp3) is 0.273. The highest BCUT2D eigenvalue weighted by molar-refractivity contribution is 5.79. The van der Waals surface area contributed by atoms with Crippen molar-refractivity contribution in [1.29, 1.82) is 5.26 Å². The molecule has 0 aromatic heterocycles. The first kappa shape index (κ1) is 10.3. The van der Waals surface area contributed by atoms with E-state index in [1.54, 1.807) is 24.3 Å². The maximum Gasteiger partial charge on any atom is 0.139 e. The van der Waals surface area contributed by atoms with Gasteiger partial charge in [0.2, 0.25) is 0 Å². The number of hydrogen-bond donors (Lipinski definition) is 0. The molecule has 71 valence electrons. The highest BCUT2D eigenvalue weighted by Gasteiger charge is 1.90. The third-order valence-corrected chi connectivity index (χ3v) is 1.55. The van der Waals surface area contributed by atoms with Gasteiger partial charge in [-0.15, -0.1) is 0 Å². The summed E-state index contributed by atoms with van der Waals surface area (Å²) in [7, 11) is 0. The molecule has 1 rings (SSSR count). The second-order valence-corrected chi connectivity index (χ2v) is 2.73. The zero-order valence-corrected chi connectivity index (χ0v) is 8.03. The molecule has 1 aromatic rings. The van der Waals surface area contributed by atoms with Gasteiger partial charge in [0.1, 0.15) is 12.8 Å². The van der Waals surface area contributed by atoms with Gasteiger partial charge < -0.3 is 4.84 Å². The van der Waals surface area contributed by atoms with Crippen LogP contribution in [0.15, 0.2) is 29.4 Å². The van der Waals surface area contributed by atoms with Gasteiger partial charge in [0.15, 0.2) is 0 Å². The Morgan fingerprint density at radius 1 is 1.29 bits per heavy atom. The van der Waals surface area contributed by atoms with Gasteiger partial charge in [0.25, 0.3) is 0 Å². The number of nitrogens with zero attached hydrogens (tertiary/aromatic N) is 2. The van der Waals surface area contributed by atoms with E-state index in [-0.39, 0.29) is 0 Å². The molecule has 0 saturated heterocycles. The largest absolute Gasteiger partial charge is 0.395 e. The summed E-state index contributed by atoms with van der Waals surface area (Å²) in [6.45, 7) is 2.61. The minimum absolute atomic E-state index is 0.600. The topological polar surface area (TPSA) is 45.4 Å². The van der Waals surface area contributed by atoms with E-state index in [4.69, 9.17) is 10.1 Å². The molecule has 0 saturated carbocycles. The number of nitriles is 1. The van der Waals surface area contributed by atoms with Crippen LogP contribution < -0.4 is 0 Å². The molecule has 0 bridgehead atoms. The third-order valence-electron chi connectivity index (χ3n) is 1.55. The van der Waals surface area contributed by atoms with Crippen molar-refractivity contribution in [3.63, 3.8) is 0 Å². The van der Waals surface area contributed by atoms with Gasteiger partial charge in [-0.1, -0.05) is 24.2 Å². The van der Waals surface area contributed by atoms with E-state index in [0.717, 1.165) is 12.0 Å². The van der Waals surface area contributed by atoms with Gasteiger partial charge >= 0.3 is 0 Å². The number of benzene rings is 1. The maximum atomic E-state index is 8.56. The molecule has 14 heavy (non-hydrogen) atoms. The van der Waals surface area contributed by atoms with Crippen LogP contribution in [0, 0.1) is 11.3 Å². The Hall–Kier alpha value is -1.82. The van der Waals surface area contributed by atoms with Crippen LogP contribution in [0.3, 0.4) is 0 Å². The van der Waals surface area contributed by atoms with Crippen LogP contribution in [0.25, 0.3) is 0 Å². The lowest BCUT2D eigenvalue weighted by atomic mass is 10.2. The summed E-state index contributed by atoms with van der Waals surface area (Å²) in [4.78, 5) is 4.89. The lowest BCUT2D eigenvalue weighted by Gasteiger charge is -1.93. The van der Waals surface area contributed by atoms with Gasteiger partial charge in [0.05, 0.1) is 11.6 Å². The molecule has 1 radical (unpaired) electrons. The molecule has 0 aliphatic heterocycles. The minimum Gasteiger partial charge on any atom is -0.395 e. The van der Waals surface area contributed by atoms with Gasteiger partial charge in [0, 0.05) is 5.56 Å². The molecular formula is C11H11N2O. The van der Waals surface area contributed by atoms with E-state index < -0.39 is 0 Å². The summed E-state index contributed by atoms with van der Waals surface area (Å²) >= 11 is 0. The van der Waals surface area contributed by atoms with Crippen molar-refractivity contribution in [2.24, 2.45) is 5.16 Å². The standard InChI is InChI=1S/C11H11N2O/c1-2-7-14-13-9-11-5-3-10(8-12)4-6-11/h3-6H,2,7H2,1H3. The first-order valence-corrected chi connectivity index (χ1v) is 4.45. The third kappa shape index (κ3) is 3.28. The zero-order valence-electron chi connectivity index (χ0n) is 8.03. The van der Waals surface area contributed by atoms with E-state index in [0.29, 0.717) is 12.2 Å². The van der Waals surface area contributed by atoms with Crippen LogP contribution >= 0.6 is 0 Å². The molecule has 0 heterocycles. The van der Waals surface area contributed by atoms with Crippen molar-refractivity contribution in [2.75, 3.05) is 6.61 Å². The molecule has 1 aromatic carbocycles. The van der Waals surface area contributed by atoms with Crippen molar-refractivity contribution in [1.82, 2.24) is 0 Å². The van der Waals surface area contributed by atoms with Crippen molar-refractivity contribution < 1.29 is 4.84 Å². The van der Waals surface area contributed by atoms with Crippen LogP contribution in [0.2, 0.25) is 0 Å². The molecule has 0 N–H and O–H groups in total. The lowest BCUT2D eigenvalue weighted by molar-refractivity contribution is 0.146. The van der Waals surface area contributed by atoms with Crippen molar-refractivity contribution in [2.45, 2.75) is 13.3 Å². The minimum atomic E-state index is 0.600. The van der Waals surface area contributed by atoms with Gasteiger partial charge in [-0.3, -0.25) is 0 Å². The van der Waals surface area contributed by atoms with Crippen molar-refractivity contribution >= 4 is 6.21 Å². The Bertz CT molecular complexity index is 335. The summed E-state index contributed by atoms with van der Waals surface area (Å²) in [5, 5.41) is 12.2. The molecule has 0 amide bonds. The van der Waals surface area contributed by atoms with E-state index in [2.05, 4.69) is 11.4 Å². The average molecular weight is 187 g/mol. The Balaban J connectivity index is 2.52. The molecule has 0 unspecified atom stereocenters. The van der Waals surface area contributed by atoms with E-state index in [1.807, 2.05) is 13.0 Å². The predicted molar refractivity (Wildman–Crippen MR) is 53.9 cm³/mol. The SMILES string of the molecule is CCCO/N=[C]\c1ccc(C#N)cc1. The van der Waals surface area contributed by atoms with Crippen molar-refractivity contribution in [3.8, 4) is 6.07 Å². The van der Waals surface area contributed by atoms with Crippen LogP contribution in [-0.4, -0.2) is 12.8 Å². The Kier molecular flexibility index (Phi) is 4.22. The van der Waals surface area contributed by atoms with Crippen molar-refractivity contribution in [3.05, 3.63) is 35.4 Å². The first-order chi connectivity index (χ1) is 6.86. The second-order valence-electron chi connectivity index (χ2n) is 2.73. The maximum absolute atomic E-state index is 8.56. The van der Waals surface area contributed by atoms with E-state index in [9.17, 15) is 0 Å². The zero-order chi connectivity index (χ0) is 10.2. The van der Waals surface area contributed by atoms with Crippen LogP contribution in [0.5, 0.6) is 0 Å². The average Bonchev–Trinajstić information content (AvgIpc) is 2.25. The first-order valence-electron chi connectivity index (χ1n) is 4.45. The number of hydrogen-bond acceptors (Lipinski definition) is 3. The fourth-order valence-electron chi connectivity index (χ4n) is 0.841. The molecule has 0 fully saturated rings. The quantitative estimate of drug-likeness (QED) is 0.412.